The summed E-state index contributed by atoms with van der Waals surface area (Å²) in [5.41, 5.74) is 2.64. The van der Waals surface area contributed by atoms with E-state index >= 15 is 0 Å². The summed E-state index contributed by atoms with van der Waals surface area (Å²) in [7, 11) is 0. The van der Waals surface area contributed by atoms with E-state index in [1.807, 2.05) is 66.7 Å². The Bertz CT molecular complexity index is 1200. The molecule has 1 heterocycles. The van der Waals surface area contributed by atoms with Crippen molar-refractivity contribution in [2.75, 3.05) is 0 Å². The molecule has 0 aliphatic carbocycles. The molecule has 5 heteroatoms. The molecule has 4 nitrogen and oxygen atoms in total. The van der Waals surface area contributed by atoms with E-state index in [0.29, 0.717) is 16.6 Å². The van der Waals surface area contributed by atoms with Crippen LogP contribution >= 0.6 is 15.9 Å². The van der Waals surface area contributed by atoms with Gasteiger partial charge in [-0.05, 0) is 36.4 Å². The number of aromatic nitrogens is 2. The smallest absolute Gasteiger partial charge is 0.281 e. The number of rotatable bonds is 3. The molecule has 0 unspecified atom stereocenters. The maximum Gasteiger partial charge on any atom is 0.281 e. The molecule has 0 atom stereocenters. The summed E-state index contributed by atoms with van der Waals surface area (Å²) < 4.78 is 2.53. The fourth-order valence-electron chi connectivity index (χ4n) is 2.91. The second-order valence-electron chi connectivity index (χ2n) is 6.00. The molecule has 0 aliphatic rings. The van der Waals surface area contributed by atoms with Gasteiger partial charge in [0.2, 0.25) is 0 Å². The summed E-state index contributed by atoms with van der Waals surface area (Å²) in [6, 6.07) is 24.1. The van der Waals surface area contributed by atoms with Crippen molar-refractivity contribution in [1.82, 2.24) is 9.55 Å². The topological polar surface area (TPSA) is 55.1 Å². The minimum atomic E-state index is -0.288. The average molecular weight is 419 g/mol. The Kier molecular flexibility index (Phi) is 4.60. The summed E-state index contributed by atoms with van der Waals surface area (Å²) in [4.78, 5) is 17.6. The first-order valence-corrected chi connectivity index (χ1v) is 9.16. The lowest BCUT2D eigenvalue weighted by molar-refractivity contribution is 0.515. The van der Waals surface area contributed by atoms with Crippen LogP contribution in [0.5, 0.6) is 0 Å². The van der Waals surface area contributed by atoms with Crippen LogP contribution in [-0.4, -0.2) is 14.7 Å². The van der Waals surface area contributed by atoms with E-state index in [-0.39, 0.29) is 17.0 Å². The van der Waals surface area contributed by atoms with Gasteiger partial charge in [-0.1, -0.05) is 58.4 Å². The number of hydrogen-bond donors (Lipinski definition) is 1. The first kappa shape index (κ1) is 17.2. The second-order valence-corrected chi connectivity index (χ2v) is 6.91. The molecule has 0 bridgehead atoms. The Morgan fingerprint density at radius 3 is 2.33 bits per heavy atom. The van der Waals surface area contributed by atoms with Gasteiger partial charge in [0.1, 0.15) is 11.5 Å². The number of para-hydroxylation sites is 3. The van der Waals surface area contributed by atoms with E-state index in [9.17, 15) is 9.90 Å². The van der Waals surface area contributed by atoms with Gasteiger partial charge in [-0.25, -0.2) is 4.98 Å². The fourth-order valence-corrected chi connectivity index (χ4v) is 3.17. The van der Waals surface area contributed by atoms with Gasteiger partial charge in [-0.3, -0.25) is 9.36 Å². The maximum atomic E-state index is 13.1. The summed E-state index contributed by atoms with van der Waals surface area (Å²) in [6.07, 6.45) is 1.41. The van der Waals surface area contributed by atoms with Crippen molar-refractivity contribution in [2.24, 2.45) is 0 Å². The van der Waals surface area contributed by atoms with Crippen molar-refractivity contribution in [2.45, 2.75) is 0 Å². The zero-order valence-corrected chi connectivity index (χ0v) is 15.8. The lowest BCUT2D eigenvalue weighted by atomic mass is 10.1. The Morgan fingerprint density at radius 2 is 1.59 bits per heavy atom. The molecular formula is C22H15BrN2O2. The minimum absolute atomic E-state index is 0.0120. The van der Waals surface area contributed by atoms with Crippen LogP contribution in [0, 0.1) is 0 Å². The monoisotopic (exact) mass is 418 g/mol. The molecular weight excluding hydrogens is 404 g/mol. The van der Waals surface area contributed by atoms with Crippen LogP contribution in [0.2, 0.25) is 0 Å². The van der Waals surface area contributed by atoms with Crippen molar-refractivity contribution in [3.8, 4) is 5.69 Å². The number of aliphatic hydroxyl groups excluding tert-OH is 1. The number of benzene rings is 3. The molecule has 0 amide bonds. The predicted octanol–water partition coefficient (Wildman–Crippen LogP) is 5.20. The SMILES string of the molecule is O=c1c(/C=C(\O)c2ccc(Br)cc2)nc2ccccc2n1-c1ccccc1. The normalized spacial score (nSPS) is 11.7. The summed E-state index contributed by atoms with van der Waals surface area (Å²) in [6.45, 7) is 0. The van der Waals surface area contributed by atoms with Gasteiger partial charge in [0.25, 0.3) is 5.56 Å². The zero-order valence-electron chi connectivity index (χ0n) is 14.2. The molecule has 4 aromatic rings. The Hall–Kier alpha value is -3.18. The van der Waals surface area contributed by atoms with E-state index in [2.05, 4.69) is 20.9 Å². The van der Waals surface area contributed by atoms with Crippen LogP contribution in [0.1, 0.15) is 11.3 Å². The lowest BCUT2D eigenvalue weighted by Crippen LogP contribution is -2.22. The summed E-state index contributed by atoms with van der Waals surface area (Å²) in [5.74, 6) is -0.0120. The van der Waals surface area contributed by atoms with Gasteiger partial charge in [-0.15, -0.1) is 0 Å². The molecule has 0 fully saturated rings. The first-order valence-electron chi connectivity index (χ1n) is 8.37. The highest BCUT2D eigenvalue weighted by Crippen LogP contribution is 2.19. The molecule has 0 saturated carbocycles. The molecule has 0 aliphatic heterocycles. The number of hydrogen-bond acceptors (Lipinski definition) is 3. The van der Waals surface area contributed by atoms with Crippen LogP contribution in [0.3, 0.4) is 0 Å². The molecule has 1 aromatic heterocycles. The summed E-state index contributed by atoms with van der Waals surface area (Å²) in [5, 5.41) is 10.5. The third-order valence-electron chi connectivity index (χ3n) is 4.21. The molecule has 3 aromatic carbocycles. The fraction of sp³-hybridized carbons (Fsp3) is 0. The average Bonchev–Trinajstić information content (AvgIpc) is 2.70. The maximum absolute atomic E-state index is 13.1. The highest BCUT2D eigenvalue weighted by molar-refractivity contribution is 9.10. The van der Waals surface area contributed by atoms with Crippen LogP contribution in [0.4, 0.5) is 0 Å². The van der Waals surface area contributed by atoms with Crippen molar-refractivity contribution in [3.63, 3.8) is 0 Å². The molecule has 0 radical (unpaired) electrons. The Labute approximate surface area is 164 Å². The van der Waals surface area contributed by atoms with Crippen LogP contribution in [-0.2, 0) is 0 Å². The Balaban J connectivity index is 1.94. The van der Waals surface area contributed by atoms with Gasteiger partial charge < -0.3 is 5.11 Å². The number of nitrogens with zero attached hydrogens (tertiary/aromatic N) is 2. The quantitative estimate of drug-likeness (QED) is 0.464. The second kappa shape index (κ2) is 7.21. The van der Waals surface area contributed by atoms with E-state index < -0.39 is 0 Å². The molecule has 132 valence electrons. The largest absolute Gasteiger partial charge is 0.507 e. The van der Waals surface area contributed by atoms with Crippen molar-refractivity contribution in [3.05, 3.63) is 105 Å². The van der Waals surface area contributed by atoms with Crippen LogP contribution < -0.4 is 5.56 Å². The first-order chi connectivity index (χ1) is 13.1. The van der Waals surface area contributed by atoms with Crippen molar-refractivity contribution in [1.29, 1.82) is 0 Å². The Morgan fingerprint density at radius 1 is 0.926 bits per heavy atom. The molecule has 0 saturated heterocycles. The lowest BCUT2D eigenvalue weighted by Gasteiger charge is -2.11. The minimum Gasteiger partial charge on any atom is -0.507 e. The van der Waals surface area contributed by atoms with Gasteiger partial charge >= 0.3 is 0 Å². The van der Waals surface area contributed by atoms with E-state index in [4.69, 9.17) is 0 Å². The molecule has 1 N–H and O–H groups in total. The standard InChI is InChI=1S/C22H15BrN2O2/c23-16-12-10-15(11-13-16)21(26)14-19-22(27)25(17-6-2-1-3-7-17)20-9-5-4-8-18(20)24-19/h1-14,26H/b21-14-. The highest BCUT2D eigenvalue weighted by Gasteiger charge is 2.12. The predicted molar refractivity (Wildman–Crippen MR) is 112 cm³/mol. The zero-order chi connectivity index (χ0) is 18.8. The number of fused-ring (bicyclic) bond motifs is 1. The number of aliphatic hydroxyl groups is 1. The third-order valence-corrected chi connectivity index (χ3v) is 4.74. The van der Waals surface area contributed by atoms with E-state index in [0.717, 1.165) is 10.2 Å². The summed E-state index contributed by atoms with van der Waals surface area (Å²) >= 11 is 3.37. The van der Waals surface area contributed by atoms with Crippen LogP contribution in [0.25, 0.3) is 28.6 Å². The molecule has 4 rings (SSSR count). The van der Waals surface area contributed by atoms with Crippen molar-refractivity contribution >= 4 is 38.8 Å². The van der Waals surface area contributed by atoms with Gasteiger partial charge in [0, 0.05) is 21.8 Å². The van der Waals surface area contributed by atoms with Gasteiger partial charge in [0.05, 0.1) is 11.0 Å². The van der Waals surface area contributed by atoms with E-state index in [1.54, 1.807) is 16.7 Å². The number of halogens is 1. The van der Waals surface area contributed by atoms with Gasteiger partial charge in [-0.2, -0.15) is 0 Å². The highest BCUT2D eigenvalue weighted by atomic mass is 79.9. The van der Waals surface area contributed by atoms with E-state index in [1.165, 1.54) is 6.08 Å². The van der Waals surface area contributed by atoms with Crippen molar-refractivity contribution < 1.29 is 5.11 Å². The van der Waals surface area contributed by atoms with Gasteiger partial charge in [0.15, 0.2) is 0 Å². The van der Waals surface area contributed by atoms with Crippen LogP contribution in [0.15, 0.2) is 88.1 Å². The molecule has 0 spiro atoms. The third kappa shape index (κ3) is 3.41. The molecule has 27 heavy (non-hydrogen) atoms.